The standard InChI is InChI=1S/C22H21N3O2/c1-17(26)23-20-7-9-21(10-8-20)24-22(27)16-25-13-11-19(12-14-25)15-18-5-3-2-4-6-18/h2-14H,15-16H2,1H3,(H-,23,24,26,27)/p+1. The number of hydrogen-bond donors (Lipinski definition) is 2. The molecule has 0 atom stereocenters. The molecule has 0 unspecified atom stereocenters. The van der Waals surface area contributed by atoms with E-state index in [0.717, 1.165) is 6.42 Å². The first-order valence-electron chi connectivity index (χ1n) is 8.78. The minimum absolute atomic E-state index is 0.108. The molecule has 0 bridgehead atoms. The average molecular weight is 360 g/mol. The number of anilines is 2. The van der Waals surface area contributed by atoms with Gasteiger partial charge in [-0.2, -0.15) is 4.57 Å². The van der Waals surface area contributed by atoms with Crippen molar-refractivity contribution in [2.45, 2.75) is 19.9 Å². The zero-order valence-electron chi connectivity index (χ0n) is 15.2. The topological polar surface area (TPSA) is 62.1 Å². The number of benzene rings is 2. The number of carbonyl (C=O) groups excluding carboxylic acids is 2. The van der Waals surface area contributed by atoms with Gasteiger partial charge in [-0.15, -0.1) is 0 Å². The molecule has 2 aromatic carbocycles. The van der Waals surface area contributed by atoms with Gasteiger partial charge >= 0.3 is 0 Å². The molecule has 136 valence electrons. The highest BCUT2D eigenvalue weighted by Crippen LogP contribution is 2.13. The van der Waals surface area contributed by atoms with Gasteiger partial charge in [-0.1, -0.05) is 30.3 Å². The van der Waals surface area contributed by atoms with Gasteiger partial charge in [0, 0.05) is 30.4 Å². The summed E-state index contributed by atoms with van der Waals surface area (Å²) in [6.07, 6.45) is 4.70. The first kappa shape index (κ1) is 18.3. The Morgan fingerprint density at radius 1 is 0.778 bits per heavy atom. The van der Waals surface area contributed by atoms with Crippen LogP contribution in [0.2, 0.25) is 0 Å². The Balaban J connectivity index is 1.54. The van der Waals surface area contributed by atoms with E-state index in [4.69, 9.17) is 0 Å². The van der Waals surface area contributed by atoms with Gasteiger partial charge in [-0.05, 0) is 41.8 Å². The van der Waals surface area contributed by atoms with E-state index in [2.05, 4.69) is 22.8 Å². The van der Waals surface area contributed by atoms with E-state index in [1.54, 1.807) is 24.3 Å². The van der Waals surface area contributed by atoms with Gasteiger partial charge in [0.2, 0.25) is 12.5 Å². The second kappa shape index (κ2) is 8.76. The van der Waals surface area contributed by atoms with Crippen LogP contribution >= 0.6 is 0 Å². The van der Waals surface area contributed by atoms with Crippen LogP contribution < -0.4 is 15.2 Å². The van der Waals surface area contributed by atoms with Crippen molar-refractivity contribution in [2.24, 2.45) is 0 Å². The molecule has 0 aliphatic heterocycles. The van der Waals surface area contributed by atoms with Crippen LogP contribution in [0.25, 0.3) is 0 Å². The Morgan fingerprint density at radius 2 is 1.33 bits per heavy atom. The molecule has 27 heavy (non-hydrogen) atoms. The van der Waals surface area contributed by atoms with E-state index < -0.39 is 0 Å². The van der Waals surface area contributed by atoms with Crippen molar-refractivity contribution in [3.63, 3.8) is 0 Å². The fourth-order valence-corrected chi connectivity index (χ4v) is 2.75. The molecule has 2 amide bonds. The van der Waals surface area contributed by atoms with Gasteiger partial charge in [-0.3, -0.25) is 9.59 Å². The lowest BCUT2D eigenvalue weighted by molar-refractivity contribution is -0.684. The van der Waals surface area contributed by atoms with Crippen LogP contribution in [0.4, 0.5) is 11.4 Å². The summed E-state index contributed by atoms with van der Waals surface area (Å²) in [5.74, 6) is -0.234. The Hall–Kier alpha value is -3.47. The molecule has 1 aromatic heterocycles. The summed E-state index contributed by atoms with van der Waals surface area (Å²) in [5.41, 5.74) is 3.85. The predicted molar refractivity (Wildman–Crippen MR) is 105 cm³/mol. The molecule has 0 aliphatic rings. The van der Waals surface area contributed by atoms with Gasteiger partial charge in [-0.25, -0.2) is 0 Å². The van der Waals surface area contributed by atoms with E-state index >= 15 is 0 Å². The van der Waals surface area contributed by atoms with Crippen LogP contribution in [-0.2, 0) is 22.6 Å². The third kappa shape index (κ3) is 5.78. The van der Waals surface area contributed by atoms with E-state index in [0.29, 0.717) is 11.4 Å². The molecular weight excluding hydrogens is 338 g/mol. The molecule has 5 heteroatoms. The molecule has 5 nitrogen and oxygen atoms in total. The smallest absolute Gasteiger partial charge is 0.290 e. The number of amides is 2. The lowest BCUT2D eigenvalue weighted by Gasteiger charge is -2.06. The fraction of sp³-hybridized carbons (Fsp3) is 0.136. The number of hydrogen-bond acceptors (Lipinski definition) is 2. The van der Waals surface area contributed by atoms with Crippen LogP contribution in [0.1, 0.15) is 18.1 Å². The summed E-state index contributed by atoms with van der Waals surface area (Å²) in [6.45, 7) is 1.69. The van der Waals surface area contributed by atoms with Crippen LogP contribution in [0.5, 0.6) is 0 Å². The summed E-state index contributed by atoms with van der Waals surface area (Å²) >= 11 is 0. The van der Waals surface area contributed by atoms with Crippen molar-refractivity contribution in [3.8, 4) is 0 Å². The number of nitrogens with zero attached hydrogens (tertiary/aromatic N) is 1. The molecule has 0 aliphatic carbocycles. The second-order valence-corrected chi connectivity index (χ2v) is 6.35. The molecule has 1 heterocycles. The van der Waals surface area contributed by atoms with Crippen LogP contribution in [-0.4, -0.2) is 11.8 Å². The number of carbonyl (C=O) groups is 2. The number of aromatic nitrogens is 1. The van der Waals surface area contributed by atoms with Crippen LogP contribution in [0, 0.1) is 0 Å². The van der Waals surface area contributed by atoms with Crippen molar-refractivity contribution in [2.75, 3.05) is 10.6 Å². The van der Waals surface area contributed by atoms with Gasteiger partial charge in [0.1, 0.15) is 0 Å². The SMILES string of the molecule is CC(=O)Nc1ccc(NC(=O)C[n+]2ccc(Cc3ccccc3)cc2)cc1. The molecule has 2 N–H and O–H groups in total. The van der Waals surface area contributed by atoms with E-state index in [1.807, 2.05) is 47.3 Å². The van der Waals surface area contributed by atoms with E-state index in [-0.39, 0.29) is 18.4 Å². The first-order valence-corrected chi connectivity index (χ1v) is 8.78. The minimum Gasteiger partial charge on any atom is -0.326 e. The second-order valence-electron chi connectivity index (χ2n) is 6.35. The lowest BCUT2D eigenvalue weighted by Crippen LogP contribution is -2.39. The number of pyridine rings is 1. The van der Waals surface area contributed by atoms with Gasteiger partial charge in [0.15, 0.2) is 12.4 Å². The van der Waals surface area contributed by atoms with Gasteiger partial charge < -0.3 is 10.6 Å². The molecule has 0 saturated carbocycles. The number of nitrogens with one attached hydrogen (secondary N) is 2. The molecule has 3 rings (SSSR count). The Bertz CT molecular complexity index is 905. The molecule has 0 saturated heterocycles. The van der Waals surface area contributed by atoms with Crippen molar-refractivity contribution in [1.82, 2.24) is 0 Å². The normalized spacial score (nSPS) is 10.3. The predicted octanol–water partition coefficient (Wildman–Crippen LogP) is 3.16. The van der Waals surface area contributed by atoms with Gasteiger partial charge in [0.25, 0.3) is 5.91 Å². The Labute approximate surface area is 158 Å². The van der Waals surface area contributed by atoms with Crippen LogP contribution in [0.3, 0.4) is 0 Å². The third-order valence-electron chi connectivity index (χ3n) is 4.03. The zero-order chi connectivity index (χ0) is 19.1. The van der Waals surface area contributed by atoms with E-state index in [1.165, 1.54) is 18.1 Å². The van der Waals surface area contributed by atoms with Crippen molar-refractivity contribution < 1.29 is 14.2 Å². The number of rotatable bonds is 6. The zero-order valence-corrected chi connectivity index (χ0v) is 15.2. The van der Waals surface area contributed by atoms with E-state index in [9.17, 15) is 9.59 Å². The maximum atomic E-state index is 12.2. The summed E-state index contributed by atoms with van der Waals surface area (Å²) in [7, 11) is 0. The highest BCUT2D eigenvalue weighted by Gasteiger charge is 2.10. The Morgan fingerprint density at radius 3 is 1.93 bits per heavy atom. The average Bonchev–Trinajstić information content (AvgIpc) is 2.65. The van der Waals surface area contributed by atoms with Crippen molar-refractivity contribution >= 4 is 23.2 Å². The van der Waals surface area contributed by atoms with Crippen molar-refractivity contribution in [1.29, 1.82) is 0 Å². The maximum absolute atomic E-state index is 12.2. The third-order valence-corrected chi connectivity index (χ3v) is 4.03. The minimum atomic E-state index is -0.126. The maximum Gasteiger partial charge on any atom is 0.290 e. The summed E-state index contributed by atoms with van der Waals surface area (Å²) in [4.78, 5) is 23.2. The molecule has 3 aromatic rings. The molecule has 0 spiro atoms. The fourth-order valence-electron chi connectivity index (χ4n) is 2.75. The highest BCUT2D eigenvalue weighted by atomic mass is 16.2. The van der Waals surface area contributed by atoms with Crippen LogP contribution in [0.15, 0.2) is 79.1 Å². The quantitative estimate of drug-likeness (QED) is 0.663. The summed E-state index contributed by atoms with van der Waals surface area (Å²) in [6, 6.07) is 21.4. The largest absolute Gasteiger partial charge is 0.326 e. The Kier molecular flexibility index (Phi) is 5.94. The monoisotopic (exact) mass is 360 g/mol. The highest BCUT2D eigenvalue weighted by molar-refractivity contribution is 5.91. The lowest BCUT2D eigenvalue weighted by atomic mass is 10.1. The van der Waals surface area contributed by atoms with Gasteiger partial charge in [0.05, 0.1) is 0 Å². The summed E-state index contributed by atoms with van der Waals surface area (Å²) in [5, 5.41) is 5.54. The molecule has 0 radical (unpaired) electrons. The summed E-state index contributed by atoms with van der Waals surface area (Å²) < 4.78 is 1.84. The molecule has 0 fully saturated rings. The first-order chi connectivity index (χ1) is 13.1. The van der Waals surface area contributed by atoms with Crippen molar-refractivity contribution in [3.05, 3.63) is 90.3 Å². The molecular formula is C22H22N3O2+.